The van der Waals surface area contributed by atoms with Gasteiger partial charge in [0.25, 0.3) is 0 Å². The first-order valence-electron chi connectivity index (χ1n) is 8.09. The van der Waals surface area contributed by atoms with Crippen LogP contribution in [0.3, 0.4) is 0 Å². The fraction of sp³-hybridized carbons (Fsp3) is 0.250. The van der Waals surface area contributed by atoms with E-state index in [2.05, 4.69) is 58.8 Å². The number of hydrogen-bond acceptors (Lipinski definition) is 1. The van der Waals surface area contributed by atoms with Crippen LogP contribution in [0.1, 0.15) is 43.3 Å². The fourth-order valence-electron chi connectivity index (χ4n) is 2.62. The van der Waals surface area contributed by atoms with Crippen LogP contribution in [0, 0.1) is 0 Å². The SMILES string of the molecule is CC(C)(C)c1ccc(/C=C/c2nc3cc(Br)c(C(F)(F)F)cc3[nH]2)cc1. The minimum absolute atomic E-state index is 0.0164. The minimum atomic E-state index is -4.41. The molecule has 1 aromatic heterocycles. The zero-order chi connectivity index (χ0) is 19.1. The summed E-state index contributed by atoms with van der Waals surface area (Å²) in [5, 5.41) is 0. The van der Waals surface area contributed by atoms with E-state index in [1.54, 1.807) is 6.08 Å². The normalized spacial score (nSPS) is 13.0. The summed E-state index contributed by atoms with van der Waals surface area (Å²) in [4.78, 5) is 7.25. The molecule has 0 amide bonds. The highest BCUT2D eigenvalue weighted by Gasteiger charge is 2.33. The van der Waals surface area contributed by atoms with Crippen LogP contribution in [0.5, 0.6) is 0 Å². The molecule has 0 radical (unpaired) electrons. The molecule has 0 saturated carbocycles. The summed E-state index contributed by atoms with van der Waals surface area (Å²) in [5.74, 6) is 0.506. The second-order valence-corrected chi connectivity index (χ2v) is 8.03. The van der Waals surface area contributed by atoms with E-state index in [1.165, 1.54) is 11.6 Å². The lowest BCUT2D eigenvalue weighted by Crippen LogP contribution is -2.10. The number of aromatic amines is 1. The predicted molar refractivity (Wildman–Crippen MR) is 103 cm³/mol. The highest BCUT2D eigenvalue weighted by Crippen LogP contribution is 2.36. The van der Waals surface area contributed by atoms with Crippen LogP contribution < -0.4 is 0 Å². The first-order valence-corrected chi connectivity index (χ1v) is 8.88. The van der Waals surface area contributed by atoms with E-state index in [4.69, 9.17) is 0 Å². The van der Waals surface area contributed by atoms with Crippen molar-refractivity contribution in [2.75, 3.05) is 0 Å². The zero-order valence-electron chi connectivity index (χ0n) is 14.6. The average Bonchev–Trinajstić information content (AvgIpc) is 2.92. The van der Waals surface area contributed by atoms with Crippen molar-refractivity contribution in [2.24, 2.45) is 0 Å². The molecule has 136 valence electrons. The van der Waals surface area contributed by atoms with Gasteiger partial charge in [-0.2, -0.15) is 13.2 Å². The molecule has 0 unspecified atom stereocenters. The molecule has 3 rings (SSSR count). The first kappa shape index (κ1) is 18.7. The van der Waals surface area contributed by atoms with Crippen molar-refractivity contribution >= 4 is 39.1 Å². The highest BCUT2D eigenvalue weighted by atomic mass is 79.9. The molecule has 2 aromatic carbocycles. The molecule has 26 heavy (non-hydrogen) atoms. The number of alkyl halides is 3. The number of fused-ring (bicyclic) bond motifs is 1. The van der Waals surface area contributed by atoms with Gasteiger partial charge in [0.2, 0.25) is 0 Å². The van der Waals surface area contributed by atoms with Crippen LogP contribution in [-0.4, -0.2) is 9.97 Å². The Morgan fingerprint density at radius 1 is 1.00 bits per heavy atom. The summed E-state index contributed by atoms with van der Waals surface area (Å²) in [6.07, 6.45) is -0.778. The van der Waals surface area contributed by atoms with Crippen LogP contribution in [0.15, 0.2) is 40.9 Å². The van der Waals surface area contributed by atoms with Crippen molar-refractivity contribution in [3.05, 3.63) is 63.4 Å². The molecule has 0 saturated heterocycles. The number of halogens is 4. The van der Waals surface area contributed by atoms with Gasteiger partial charge < -0.3 is 4.98 Å². The smallest absolute Gasteiger partial charge is 0.338 e. The molecule has 1 N–H and O–H groups in total. The van der Waals surface area contributed by atoms with Gasteiger partial charge in [0.15, 0.2) is 0 Å². The quantitative estimate of drug-likeness (QED) is 0.482. The van der Waals surface area contributed by atoms with E-state index in [9.17, 15) is 13.2 Å². The molecular formula is C20H18BrF3N2. The van der Waals surface area contributed by atoms with E-state index in [0.717, 1.165) is 11.6 Å². The van der Waals surface area contributed by atoms with Crippen LogP contribution in [0.2, 0.25) is 0 Å². The molecular weight excluding hydrogens is 405 g/mol. The number of H-pyrrole nitrogens is 1. The van der Waals surface area contributed by atoms with Gasteiger partial charge in [0.05, 0.1) is 16.6 Å². The molecule has 1 heterocycles. The number of nitrogens with zero attached hydrogens (tertiary/aromatic N) is 1. The Morgan fingerprint density at radius 3 is 2.23 bits per heavy atom. The Labute approximate surface area is 158 Å². The third-order valence-corrected chi connectivity index (χ3v) is 4.76. The number of benzene rings is 2. The summed E-state index contributed by atoms with van der Waals surface area (Å²) in [7, 11) is 0. The Morgan fingerprint density at radius 2 is 1.65 bits per heavy atom. The Balaban J connectivity index is 1.88. The van der Waals surface area contributed by atoms with Gasteiger partial charge in [-0.3, -0.25) is 0 Å². The molecule has 0 bridgehead atoms. The van der Waals surface area contributed by atoms with Gasteiger partial charge in [0.1, 0.15) is 5.82 Å². The molecule has 0 aliphatic carbocycles. The summed E-state index contributed by atoms with van der Waals surface area (Å²) in [5.41, 5.74) is 2.43. The Kier molecular flexibility index (Phi) is 4.73. The molecule has 0 atom stereocenters. The van der Waals surface area contributed by atoms with Crippen molar-refractivity contribution < 1.29 is 13.2 Å². The topological polar surface area (TPSA) is 28.7 Å². The lowest BCUT2D eigenvalue weighted by Gasteiger charge is -2.18. The van der Waals surface area contributed by atoms with Crippen molar-refractivity contribution in [1.29, 1.82) is 0 Å². The average molecular weight is 423 g/mol. The fourth-order valence-corrected chi connectivity index (χ4v) is 3.17. The second kappa shape index (κ2) is 6.58. The van der Waals surface area contributed by atoms with Crippen molar-refractivity contribution in [3.63, 3.8) is 0 Å². The molecule has 3 aromatic rings. The van der Waals surface area contributed by atoms with Crippen LogP contribution in [0.4, 0.5) is 13.2 Å². The lowest BCUT2D eigenvalue weighted by atomic mass is 9.87. The van der Waals surface area contributed by atoms with Gasteiger partial charge in [-0.05, 0) is 34.8 Å². The number of imidazole rings is 1. The predicted octanol–water partition coefficient (Wildman–Crippen LogP) is 6.81. The van der Waals surface area contributed by atoms with E-state index in [-0.39, 0.29) is 9.89 Å². The van der Waals surface area contributed by atoms with Crippen molar-refractivity contribution in [2.45, 2.75) is 32.4 Å². The largest absolute Gasteiger partial charge is 0.417 e. The monoisotopic (exact) mass is 422 g/mol. The molecule has 0 spiro atoms. The summed E-state index contributed by atoms with van der Waals surface area (Å²) < 4.78 is 39.0. The number of rotatable bonds is 2. The van der Waals surface area contributed by atoms with Gasteiger partial charge in [-0.25, -0.2) is 4.98 Å². The van der Waals surface area contributed by atoms with E-state index in [0.29, 0.717) is 16.9 Å². The standard InChI is InChI=1S/C20H18BrF3N2/c1-19(2,3)13-7-4-12(5-8-13)6-9-18-25-16-10-14(20(22,23)24)15(21)11-17(16)26-18/h4-11H,1-3H3,(H,25,26)/b9-6+. The highest BCUT2D eigenvalue weighted by molar-refractivity contribution is 9.10. The third kappa shape index (κ3) is 4.01. The van der Waals surface area contributed by atoms with Crippen molar-refractivity contribution in [1.82, 2.24) is 9.97 Å². The molecule has 0 fully saturated rings. The summed E-state index contributed by atoms with van der Waals surface area (Å²) in [6.45, 7) is 6.46. The number of aromatic nitrogens is 2. The van der Waals surface area contributed by atoms with E-state index >= 15 is 0 Å². The number of hydrogen-bond donors (Lipinski definition) is 1. The maximum atomic E-state index is 13.0. The molecule has 0 aliphatic heterocycles. The van der Waals surface area contributed by atoms with Crippen LogP contribution in [0.25, 0.3) is 23.2 Å². The minimum Gasteiger partial charge on any atom is -0.338 e. The maximum absolute atomic E-state index is 13.0. The van der Waals surface area contributed by atoms with Crippen molar-refractivity contribution in [3.8, 4) is 0 Å². The zero-order valence-corrected chi connectivity index (χ0v) is 16.2. The number of nitrogens with one attached hydrogen (secondary N) is 1. The summed E-state index contributed by atoms with van der Waals surface area (Å²) >= 11 is 2.97. The molecule has 6 heteroatoms. The molecule has 2 nitrogen and oxygen atoms in total. The van der Waals surface area contributed by atoms with Gasteiger partial charge >= 0.3 is 6.18 Å². The first-order chi connectivity index (χ1) is 12.0. The third-order valence-electron chi connectivity index (χ3n) is 4.10. The summed E-state index contributed by atoms with van der Waals surface area (Å²) in [6, 6.07) is 10.6. The van der Waals surface area contributed by atoms with E-state index in [1.807, 2.05) is 18.2 Å². The van der Waals surface area contributed by atoms with Crippen LogP contribution in [-0.2, 0) is 11.6 Å². The Hall–Kier alpha value is -2.08. The molecule has 0 aliphatic rings. The lowest BCUT2D eigenvalue weighted by molar-refractivity contribution is -0.138. The van der Waals surface area contributed by atoms with E-state index < -0.39 is 11.7 Å². The Bertz CT molecular complexity index is 962. The maximum Gasteiger partial charge on any atom is 0.417 e. The van der Waals surface area contributed by atoms with Gasteiger partial charge in [-0.1, -0.05) is 67.0 Å². The van der Waals surface area contributed by atoms with Gasteiger partial charge in [-0.15, -0.1) is 0 Å². The second-order valence-electron chi connectivity index (χ2n) is 7.17. The van der Waals surface area contributed by atoms with Gasteiger partial charge in [0, 0.05) is 4.47 Å². The van der Waals surface area contributed by atoms with Crippen LogP contribution >= 0.6 is 15.9 Å².